The van der Waals surface area contributed by atoms with Crippen LogP contribution in [0.5, 0.6) is 0 Å². The molecule has 1 aliphatic rings. The highest BCUT2D eigenvalue weighted by Gasteiger charge is 2.27. The number of nitrogens with two attached hydrogens (primary N) is 1. The summed E-state index contributed by atoms with van der Waals surface area (Å²) in [6.45, 7) is 4.62. The molecule has 246 valence electrons. The van der Waals surface area contributed by atoms with Crippen molar-refractivity contribution in [1.29, 1.82) is 0 Å². The van der Waals surface area contributed by atoms with Crippen LogP contribution in [0.3, 0.4) is 0 Å². The molecule has 0 fully saturated rings. The summed E-state index contributed by atoms with van der Waals surface area (Å²) in [4.78, 5) is 0. The number of nitrogens with one attached hydrogen (secondary N) is 2. The Morgan fingerprint density at radius 3 is 2.29 bits per heavy atom. The molecule has 5 heteroatoms. The van der Waals surface area contributed by atoms with Gasteiger partial charge in [-0.1, -0.05) is 122 Å². The van der Waals surface area contributed by atoms with Gasteiger partial charge in [-0.2, -0.15) is 0 Å². The van der Waals surface area contributed by atoms with Crippen molar-refractivity contribution in [2.75, 3.05) is 17.3 Å². The van der Waals surface area contributed by atoms with Gasteiger partial charge in [0, 0.05) is 38.5 Å². The Bertz CT molecular complexity index is 2820. The zero-order valence-electron chi connectivity index (χ0n) is 28.2. The molecule has 0 radical (unpaired) electrons. The van der Waals surface area contributed by atoms with E-state index >= 15 is 0 Å². The first-order valence-corrected chi connectivity index (χ1v) is 17.7. The second kappa shape index (κ2) is 11.7. The van der Waals surface area contributed by atoms with Crippen molar-refractivity contribution in [2.24, 2.45) is 5.73 Å². The Morgan fingerprint density at radius 1 is 0.706 bits per heavy atom. The molecule has 4 N–H and O–H groups in total. The molecule has 3 heterocycles. The summed E-state index contributed by atoms with van der Waals surface area (Å²) in [5, 5.41) is 10.1. The molecule has 0 spiro atoms. The minimum Gasteiger partial charge on any atom is -0.379 e. The van der Waals surface area contributed by atoms with Gasteiger partial charge < -0.3 is 15.5 Å². The molecule has 0 amide bonds. The van der Waals surface area contributed by atoms with Crippen molar-refractivity contribution in [2.45, 2.75) is 18.9 Å². The number of allylic oxidation sites excluding steroid dienone is 2. The molecular formula is C46H37N5. The number of hydrogen-bond donors (Lipinski definition) is 3. The van der Waals surface area contributed by atoms with Crippen molar-refractivity contribution in [3.8, 4) is 11.1 Å². The Morgan fingerprint density at radius 2 is 1.41 bits per heavy atom. The highest BCUT2D eigenvalue weighted by molar-refractivity contribution is 6.29. The topological polar surface area (TPSA) is 59.4 Å². The van der Waals surface area contributed by atoms with E-state index in [4.69, 9.17) is 5.73 Å². The van der Waals surface area contributed by atoms with Crippen LogP contribution < -0.4 is 16.5 Å². The van der Waals surface area contributed by atoms with Crippen LogP contribution in [-0.2, 0) is 12.8 Å². The Hall–Kier alpha value is -6.30. The maximum Gasteiger partial charge on any atom is 0.0731 e. The van der Waals surface area contributed by atoms with E-state index in [1.54, 1.807) is 0 Å². The van der Waals surface area contributed by atoms with E-state index in [9.17, 15) is 0 Å². The van der Waals surface area contributed by atoms with E-state index in [0.717, 1.165) is 46.4 Å². The first-order valence-electron chi connectivity index (χ1n) is 17.7. The molecule has 3 aromatic heterocycles. The number of rotatable bonds is 8. The number of para-hydroxylation sites is 2. The number of fused-ring (bicyclic) bond motifs is 7. The van der Waals surface area contributed by atoms with Gasteiger partial charge in [0.2, 0.25) is 0 Å². The molecule has 0 saturated heterocycles. The van der Waals surface area contributed by atoms with Gasteiger partial charge >= 0.3 is 0 Å². The quantitative estimate of drug-likeness (QED) is 0.142. The van der Waals surface area contributed by atoms with Crippen LogP contribution in [0.15, 0.2) is 158 Å². The van der Waals surface area contributed by atoms with Gasteiger partial charge in [0.05, 0.1) is 40.4 Å². The van der Waals surface area contributed by atoms with E-state index in [1.165, 1.54) is 60.3 Å². The van der Waals surface area contributed by atoms with Crippen LogP contribution in [0.1, 0.15) is 28.4 Å². The molecule has 0 saturated carbocycles. The van der Waals surface area contributed by atoms with Crippen LogP contribution in [0.2, 0.25) is 0 Å². The fourth-order valence-corrected chi connectivity index (χ4v) is 8.65. The maximum absolute atomic E-state index is 6.79. The molecule has 0 bridgehead atoms. The molecule has 1 unspecified atom stereocenters. The normalized spacial score (nSPS) is 13.6. The Kier molecular flexibility index (Phi) is 6.76. The summed E-state index contributed by atoms with van der Waals surface area (Å²) in [5.74, 6) is 0. The monoisotopic (exact) mass is 659 g/mol. The fourth-order valence-electron chi connectivity index (χ4n) is 8.65. The van der Waals surface area contributed by atoms with Crippen molar-refractivity contribution in [3.63, 3.8) is 0 Å². The molecular weight excluding hydrogens is 623 g/mol. The van der Waals surface area contributed by atoms with Gasteiger partial charge in [-0.05, 0) is 70.8 Å². The van der Waals surface area contributed by atoms with Crippen LogP contribution in [0.25, 0.3) is 60.1 Å². The van der Waals surface area contributed by atoms with Crippen molar-refractivity contribution < 1.29 is 0 Å². The summed E-state index contributed by atoms with van der Waals surface area (Å²) < 4.78 is 4.84. The summed E-state index contributed by atoms with van der Waals surface area (Å²) in [5.41, 5.74) is 25.1. The Balaban J connectivity index is 1.13. The Labute approximate surface area is 296 Å². The van der Waals surface area contributed by atoms with Gasteiger partial charge in [0.25, 0.3) is 0 Å². The molecule has 9 aromatic rings. The molecule has 5 nitrogen and oxygen atoms in total. The van der Waals surface area contributed by atoms with Crippen LogP contribution in [0.4, 0.5) is 5.69 Å². The number of aromatic nitrogens is 2. The third-order valence-corrected chi connectivity index (χ3v) is 10.8. The van der Waals surface area contributed by atoms with Crippen LogP contribution in [0, 0.1) is 0 Å². The van der Waals surface area contributed by atoms with Crippen LogP contribution >= 0.6 is 0 Å². The van der Waals surface area contributed by atoms with E-state index in [0.29, 0.717) is 6.54 Å². The first-order chi connectivity index (χ1) is 25.2. The third kappa shape index (κ3) is 4.45. The fraction of sp³-hybridized carbons (Fsp3) is 0.0870. The second-order valence-corrected chi connectivity index (χ2v) is 13.6. The van der Waals surface area contributed by atoms with Gasteiger partial charge in [0.1, 0.15) is 0 Å². The largest absolute Gasteiger partial charge is 0.379 e. The standard InChI is InChI=1S/C46H37N5/c1-2-13-31(28-48-37-22-9-8-18-35(37)45(47)30-15-4-3-5-16-30)49-51-40-24-11-19-33-34-20-10-21-36-42-32-17-7-6-14-29(32)26-27-39(42)50(46(34)36)38-23-12-25-41(51)44(38)43(33)40/h2-25,45,48-49H,1,26-28,47H2/b31-13-. The second-order valence-electron chi connectivity index (χ2n) is 13.6. The summed E-state index contributed by atoms with van der Waals surface area (Å²) >= 11 is 0. The zero-order valence-corrected chi connectivity index (χ0v) is 28.2. The number of hydrogen-bond acceptors (Lipinski definition) is 3. The molecule has 0 aliphatic heterocycles. The van der Waals surface area contributed by atoms with Gasteiger partial charge in [-0.15, -0.1) is 0 Å². The highest BCUT2D eigenvalue weighted by atomic mass is 15.4. The maximum atomic E-state index is 6.79. The first kappa shape index (κ1) is 29.6. The minimum atomic E-state index is -0.239. The molecule has 1 atom stereocenters. The molecule has 6 aromatic carbocycles. The molecule has 1 aliphatic carbocycles. The molecule has 51 heavy (non-hydrogen) atoms. The lowest BCUT2D eigenvalue weighted by atomic mass is 9.88. The molecule has 10 rings (SSSR count). The number of aryl methyl sites for hydroxylation is 2. The number of benzene rings is 6. The van der Waals surface area contributed by atoms with E-state index in [1.807, 2.05) is 36.4 Å². The van der Waals surface area contributed by atoms with Crippen molar-refractivity contribution in [1.82, 2.24) is 9.08 Å². The lowest BCUT2D eigenvalue weighted by Crippen LogP contribution is -2.21. The third-order valence-electron chi connectivity index (χ3n) is 10.8. The van der Waals surface area contributed by atoms with E-state index < -0.39 is 0 Å². The van der Waals surface area contributed by atoms with E-state index in [2.05, 4.69) is 136 Å². The predicted octanol–water partition coefficient (Wildman–Crippen LogP) is 10.3. The number of anilines is 1. The van der Waals surface area contributed by atoms with Crippen molar-refractivity contribution >= 4 is 54.7 Å². The highest BCUT2D eigenvalue weighted by Crippen LogP contribution is 2.46. The smallest absolute Gasteiger partial charge is 0.0731 e. The average molecular weight is 660 g/mol. The SMILES string of the molecule is C=C/C=C(/CNc1ccccc1C(N)c1ccccc1)Nn1c2cccc3c4cccc5c6c(n(c7cccc1c7c32)c54)CCc1ccccc1-6. The zero-order chi connectivity index (χ0) is 34.1. The van der Waals surface area contributed by atoms with E-state index in [-0.39, 0.29) is 6.04 Å². The predicted molar refractivity (Wildman–Crippen MR) is 214 cm³/mol. The lowest BCUT2D eigenvalue weighted by molar-refractivity contribution is 0.870. The average Bonchev–Trinajstić information content (AvgIpc) is 3.66. The summed E-state index contributed by atoms with van der Waals surface area (Å²) in [7, 11) is 0. The minimum absolute atomic E-state index is 0.239. The lowest BCUT2D eigenvalue weighted by Gasteiger charge is -2.20. The van der Waals surface area contributed by atoms with Gasteiger partial charge in [-0.3, -0.25) is 10.1 Å². The van der Waals surface area contributed by atoms with Gasteiger partial charge in [0.15, 0.2) is 0 Å². The van der Waals surface area contributed by atoms with Gasteiger partial charge in [-0.25, -0.2) is 0 Å². The summed E-state index contributed by atoms with van der Waals surface area (Å²) in [6, 6.07) is 47.6. The van der Waals surface area contributed by atoms with Crippen molar-refractivity contribution in [3.05, 3.63) is 180 Å². The van der Waals surface area contributed by atoms with Crippen LogP contribution in [-0.4, -0.2) is 15.6 Å². The summed E-state index contributed by atoms with van der Waals surface area (Å²) in [6.07, 6.45) is 5.93. The number of nitrogens with zero attached hydrogens (tertiary/aromatic N) is 2.